The van der Waals surface area contributed by atoms with Gasteiger partial charge < -0.3 is 24.4 Å². The van der Waals surface area contributed by atoms with Crippen molar-refractivity contribution >= 4 is 29.6 Å². The van der Waals surface area contributed by atoms with Gasteiger partial charge in [-0.2, -0.15) is 5.10 Å². The highest BCUT2D eigenvalue weighted by Crippen LogP contribution is 2.20. The highest BCUT2D eigenvalue weighted by atomic mass is 16.5. The van der Waals surface area contributed by atoms with E-state index in [0.717, 1.165) is 11.3 Å². The van der Waals surface area contributed by atoms with Gasteiger partial charge in [-0.25, -0.2) is 5.43 Å². The molecule has 3 amide bonds. The van der Waals surface area contributed by atoms with Crippen LogP contribution in [0.15, 0.2) is 77.9 Å². The minimum atomic E-state index is -0.982. The fourth-order valence-corrected chi connectivity index (χ4v) is 3.75. The van der Waals surface area contributed by atoms with Crippen molar-refractivity contribution in [1.29, 1.82) is 0 Å². The van der Waals surface area contributed by atoms with Gasteiger partial charge >= 0.3 is 11.8 Å². The number of para-hydroxylation sites is 2. The molecule has 0 radical (unpaired) electrons. The van der Waals surface area contributed by atoms with E-state index in [2.05, 4.69) is 15.8 Å². The van der Waals surface area contributed by atoms with E-state index >= 15 is 0 Å². The lowest BCUT2D eigenvalue weighted by molar-refractivity contribution is -0.136. The number of carbonyl (C=O) groups is 3. The molecule has 10 nitrogen and oxygen atoms in total. The Labute approximate surface area is 220 Å². The molecule has 1 aliphatic heterocycles. The molecule has 0 unspecified atom stereocenters. The zero-order valence-electron chi connectivity index (χ0n) is 20.9. The van der Waals surface area contributed by atoms with E-state index in [1.807, 2.05) is 30.3 Å². The standard InChI is InChI=1S/C28H28N4O6/c1-36-22-9-6-7-20(17-22)19-38-25-12-5-2-8-21(25)18-29-31-27(34)26(33)30-24-11-4-3-10-23(24)28(35)32-13-15-37-16-14-32/h2-12,17-18H,13-16,19H2,1H3,(H,30,33)(H,31,34)/b29-18+. The van der Waals surface area contributed by atoms with E-state index in [0.29, 0.717) is 49.8 Å². The van der Waals surface area contributed by atoms with Gasteiger partial charge in [-0.1, -0.05) is 36.4 Å². The van der Waals surface area contributed by atoms with Crippen molar-refractivity contribution in [1.82, 2.24) is 10.3 Å². The molecule has 1 fully saturated rings. The van der Waals surface area contributed by atoms with Crippen LogP contribution in [0.4, 0.5) is 5.69 Å². The van der Waals surface area contributed by atoms with Gasteiger partial charge in [-0.05, 0) is 42.0 Å². The number of nitrogens with zero attached hydrogens (tertiary/aromatic N) is 2. The van der Waals surface area contributed by atoms with E-state index < -0.39 is 11.8 Å². The number of rotatable bonds is 8. The van der Waals surface area contributed by atoms with Crippen LogP contribution in [0.5, 0.6) is 11.5 Å². The Morgan fingerprint density at radius 1 is 0.974 bits per heavy atom. The van der Waals surface area contributed by atoms with Gasteiger partial charge in [-0.15, -0.1) is 0 Å². The fraction of sp³-hybridized carbons (Fsp3) is 0.214. The van der Waals surface area contributed by atoms with Crippen molar-refractivity contribution in [3.8, 4) is 11.5 Å². The Kier molecular flexibility index (Phi) is 9.03. The minimum absolute atomic E-state index is 0.240. The molecule has 38 heavy (non-hydrogen) atoms. The molecule has 0 spiro atoms. The lowest BCUT2D eigenvalue weighted by Gasteiger charge is -2.27. The molecule has 2 N–H and O–H groups in total. The normalized spacial score (nSPS) is 13.1. The quantitative estimate of drug-likeness (QED) is 0.270. The molecule has 1 saturated heterocycles. The third-order valence-electron chi connectivity index (χ3n) is 5.73. The summed E-state index contributed by atoms with van der Waals surface area (Å²) in [6.07, 6.45) is 1.39. The molecule has 0 aliphatic carbocycles. The SMILES string of the molecule is COc1cccc(COc2ccccc2/C=N/NC(=O)C(=O)Nc2ccccc2C(=O)N2CCOCC2)c1. The van der Waals surface area contributed by atoms with E-state index in [4.69, 9.17) is 14.2 Å². The number of amides is 3. The molecule has 0 aromatic heterocycles. The highest BCUT2D eigenvalue weighted by Gasteiger charge is 2.23. The third kappa shape index (κ3) is 6.95. The maximum Gasteiger partial charge on any atom is 0.329 e. The molecule has 1 heterocycles. The van der Waals surface area contributed by atoms with Crippen LogP contribution in [-0.2, 0) is 20.9 Å². The smallest absolute Gasteiger partial charge is 0.329 e. The summed E-state index contributed by atoms with van der Waals surface area (Å²) in [6, 6.07) is 21.2. The Morgan fingerprint density at radius 3 is 2.55 bits per heavy atom. The molecule has 0 saturated carbocycles. The van der Waals surface area contributed by atoms with Gasteiger partial charge in [0, 0.05) is 18.7 Å². The predicted octanol–water partition coefficient (Wildman–Crippen LogP) is 2.84. The number of nitrogens with one attached hydrogen (secondary N) is 2. The minimum Gasteiger partial charge on any atom is -0.497 e. The molecular weight excluding hydrogens is 488 g/mol. The van der Waals surface area contributed by atoms with Crippen molar-refractivity contribution in [2.75, 3.05) is 38.7 Å². The number of ether oxygens (including phenoxy) is 3. The van der Waals surface area contributed by atoms with Gasteiger partial charge in [0.1, 0.15) is 18.1 Å². The first-order valence-electron chi connectivity index (χ1n) is 12.0. The van der Waals surface area contributed by atoms with Crippen LogP contribution in [0.1, 0.15) is 21.5 Å². The third-order valence-corrected chi connectivity index (χ3v) is 5.73. The van der Waals surface area contributed by atoms with E-state index in [1.165, 1.54) is 6.21 Å². The van der Waals surface area contributed by atoms with Gasteiger partial charge in [0.05, 0.1) is 37.8 Å². The zero-order chi connectivity index (χ0) is 26.7. The molecule has 196 valence electrons. The lowest BCUT2D eigenvalue weighted by atomic mass is 10.1. The molecule has 3 aromatic rings. The number of methoxy groups -OCH3 is 1. The maximum absolute atomic E-state index is 12.9. The summed E-state index contributed by atoms with van der Waals surface area (Å²) in [7, 11) is 1.60. The summed E-state index contributed by atoms with van der Waals surface area (Å²) in [5.74, 6) is -0.895. The van der Waals surface area contributed by atoms with Gasteiger partial charge in [-0.3, -0.25) is 14.4 Å². The summed E-state index contributed by atoms with van der Waals surface area (Å²) in [5.41, 5.74) is 4.28. The summed E-state index contributed by atoms with van der Waals surface area (Å²) in [6.45, 7) is 2.13. The Balaban J connectivity index is 1.35. The Hall–Kier alpha value is -4.70. The largest absolute Gasteiger partial charge is 0.497 e. The van der Waals surface area contributed by atoms with Crippen molar-refractivity contribution < 1.29 is 28.6 Å². The second-order valence-electron chi connectivity index (χ2n) is 8.28. The van der Waals surface area contributed by atoms with Crippen LogP contribution in [-0.4, -0.2) is 62.2 Å². The van der Waals surface area contributed by atoms with Crippen LogP contribution in [0.2, 0.25) is 0 Å². The van der Waals surface area contributed by atoms with Crippen LogP contribution in [0.3, 0.4) is 0 Å². The van der Waals surface area contributed by atoms with Crippen molar-refractivity contribution in [2.45, 2.75) is 6.61 Å². The molecule has 10 heteroatoms. The molecule has 4 rings (SSSR count). The first kappa shape index (κ1) is 26.4. The number of hydrogen-bond acceptors (Lipinski definition) is 7. The lowest BCUT2D eigenvalue weighted by Crippen LogP contribution is -2.41. The summed E-state index contributed by atoms with van der Waals surface area (Å²) < 4.78 is 16.4. The maximum atomic E-state index is 12.9. The second-order valence-corrected chi connectivity index (χ2v) is 8.28. The fourth-order valence-electron chi connectivity index (χ4n) is 3.75. The van der Waals surface area contributed by atoms with Crippen molar-refractivity contribution in [3.63, 3.8) is 0 Å². The summed E-state index contributed by atoms with van der Waals surface area (Å²) >= 11 is 0. The van der Waals surface area contributed by atoms with Gasteiger partial charge in [0.25, 0.3) is 5.91 Å². The second kappa shape index (κ2) is 13.0. The highest BCUT2D eigenvalue weighted by molar-refractivity contribution is 6.40. The Bertz CT molecular complexity index is 1320. The molecule has 0 atom stereocenters. The number of anilines is 1. The van der Waals surface area contributed by atoms with E-state index in [9.17, 15) is 14.4 Å². The van der Waals surface area contributed by atoms with E-state index in [-0.39, 0.29) is 11.6 Å². The van der Waals surface area contributed by atoms with Gasteiger partial charge in [0.2, 0.25) is 0 Å². The number of hydrazone groups is 1. The average molecular weight is 517 g/mol. The topological polar surface area (TPSA) is 119 Å². The first-order valence-corrected chi connectivity index (χ1v) is 12.0. The zero-order valence-corrected chi connectivity index (χ0v) is 20.9. The molecule has 0 bridgehead atoms. The molecular formula is C28H28N4O6. The molecule has 3 aromatic carbocycles. The summed E-state index contributed by atoms with van der Waals surface area (Å²) in [5, 5.41) is 6.40. The predicted molar refractivity (Wildman–Crippen MR) is 141 cm³/mol. The summed E-state index contributed by atoms with van der Waals surface area (Å²) in [4.78, 5) is 39.4. The van der Waals surface area contributed by atoms with Crippen molar-refractivity contribution in [2.24, 2.45) is 5.10 Å². The number of carbonyl (C=O) groups excluding carboxylic acids is 3. The van der Waals surface area contributed by atoms with Crippen LogP contribution < -0.4 is 20.2 Å². The van der Waals surface area contributed by atoms with Crippen LogP contribution >= 0.6 is 0 Å². The number of hydrogen-bond donors (Lipinski definition) is 2. The van der Waals surface area contributed by atoms with Gasteiger partial charge in [0.15, 0.2) is 0 Å². The number of benzene rings is 3. The average Bonchev–Trinajstić information content (AvgIpc) is 2.97. The Morgan fingerprint density at radius 2 is 1.74 bits per heavy atom. The molecule has 1 aliphatic rings. The first-order chi connectivity index (χ1) is 18.5. The van der Waals surface area contributed by atoms with Crippen LogP contribution in [0, 0.1) is 0 Å². The van der Waals surface area contributed by atoms with Crippen molar-refractivity contribution in [3.05, 3.63) is 89.5 Å². The van der Waals surface area contributed by atoms with E-state index in [1.54, 1.807) is 54.5 Å². The number of morpholine rings is 1. The monoisotopic (exact) mass is 516 g/mol. The van der Waals surface area contributed by atoms with Crippen LogP contribution in [0.25, 0.3) is 0 Å².